The molecule has 6 nitrogen and oxygen atoms in total. The summed E-state index contributed by atoms with van der Waals surface area (Å²) in [7, 11) is -4.44. The highest BCUT2D eigenvalue weighted by Gasteiger charge is 2.37. The lowest BCUT2D eigenvalue weighted by atomic mass is 10.1. The van der Waals surface area contributed by atoms with Gasteiger partial charge in [0.1, 0.15) is 5.82 Å². The van der Waals surface area contributed by atoms with Crippen LogP contribution < -0.4 is 10.7 Å². The molecule has 5 rings (SSSR count). The first kappa shape index (κ1) is 24.3. The van der Waals surface area contributed by atoms with E-state index in [1.165, 1.54) is 28.8 Å². The summed E-state index contributed by atoms with van der Waals surface area (Å²) < 4.78 is 70.8. The molecule has 0 saturated heterocycles. The van der Waals surface area contributed by atoms with Gasteiger partial charge in [-0.3, -0.25) is 9.36 Å². The zero-order chi connectivity index (χ0) is 26.2. The number of para-hydroxylation sites is 2. The van der Waals surface area contributed by atoms with Crippen LogP contribution in [-0.4, -0.2) is 18.0 Å². The van der Waals surface area contributed by atoms with Gasteiger partial charge < -0.3 is 5.32 Å². The molecule has 1 N–H and O–H groups in total. The molecule has 2 aromatic heterocycles. The van der Waals surface area contributed by atoms with Crippen LogP contribution >= 0.6 is 0 Å². The van der Waals surface area contributed by atoms with Crippen molar-refractivity contribution in [1.82, 2.24) is 9.55 Å². The van der Waals surface area contributed by atoms with Crippen molar-refractivity contribution in [1.29, 1.82) is 0 Å². The molecule has 0 spiro atoms. The highest BCUT2D eigenvalue weighted by atomic mass is 32.2. The van der Waals surface area contributed by atoms with Crippen LogP contribution in [0.2, 0.25) is 0 Å². The molecule has 0 atom stereocenters. The number of nitrogens with zero attached hydrogens (tertiary/aromatic N) is 2. The fraction of sp³-hybridized carbons (Fsp3) is 0.0370. The lowest BCUT2D eigenvalue weighted by Gasteiger charge is -2.20. The van der Waals surface area contributed by atoms with E-state index in [1.54, 1.807) is 66.7 Å². The molecule has 5 aromatic rings. The summed E-state index contributed by atoms with van der Waals surface area (Å²) in [5, 5.41) is 1.49. The Balaban J connectivity index is 1.91. The zero-order valence-corrected chi connectivity index (χ0v) is 19.8. The second-order valence-corrected chi connectivity index (χ2v) is 9.97. The van der Waals surface area contributed by atoms with Crippen molar-refractivity contribution in [2.24, 2.45) is 0 Å². The molecule has 0 aliphatic rings. The normalized spacial score (nSPS) is 12.0. The Kier molecular flexibility index (Phi) is 6.04. The Morgan fingerprint density at radius 3 is 1.95 bits per heavy atom. The van der Waals surface area contributed by atoms with E-state index in [0.29, 0.717) is 17.4 Å². The van der Waals surface area contributed by atoms with E-state index < -0.39 is 43.1 Å². The highest BCUT2D eigenvalue weighted by Crippen LogP contribution is 2.37. The molecule has 0 aliphatic heterocycles. The second kappa shape index (κ2) is 9.21. The Morgan fingerprint density at radius 1 is 0.784 bits per heavy atom. The summed E-state index contributed by atoms with van der Waals surface area (Å²) in [6.07, 6.45) is -5.02. The number of alkyl halides is 3. The van der Waals surface area contributed by atoms with Gasteiger partial charge >= 0.3 is 6.18 Å². The van der Waals surface area contributed by atoms with Gasteiger partial charge in [-0.15, -0.1) is 0 Å². The van der Waals surface area contributed by atoms with Crippen molar-refractivity contribution in [2.75, 3.05) is 5.32 Å². The number of rotatable bonds is 5. The molecule has 0 aliphatic carbocycles. The van der Waals surface area contributed by atoms with Gasteiger partial charge in [-0.05, 0) is 42.5 Å². The van der Waals surface area contributed by atoms with Crippen molar-refractivity contribution < 1.29 is 21.6 Å². The lowest BCUT2D eigenvalue weighted by molar-refractivity contribution is -0.136. The summed E-state index contributed by atoms with van der Waals surface area (Å²) in [5.41, 5.74) is -1.84. The van der Waals surface area contributed by atoms with E-state index in [2.05, 4.69) is 10.3 Å². The monoisotopic (exact) mass is 521 g/mol. The summed E-state index contributed by atoms with van der Waals surface area (Å²) in [4.78, 5) is 17.1. The van der Waals surface area contributed by atoms with Crippen LogP contribution in [0.25, 0.3) is 16.7 Å². The van der Waals surface area contributed by atoms with Crippen molar-refractivity contribution >= 4 is 32.4 Å². The molecule has 10 heteroatoms. The summed E-state index contributed by atoms with van der Waals surface area (Å²) in [6.45, 7) is 0. The third kappa shape index (κ3) is 4.58. The number of benzene rings is 3. The van der Waals surface area contributed by atoms with Gasteiger partial charge in [0, 0.05) is 17.4 Å². The molecule has 0 bridgehead atoms. The third-order valence-corrected chi connectivity index (χ3v) is 7.29. The topological polar surface area (TPSA) is 81.1 Å². The molecule has 0 amide bonds. The molecule has 0 radical (unpaired) electrons. The number of pyridine rings is 2. The average molecular weight is 522 g/mol. The Hall–Kier alpha value is -4.44. The standard InChI is InChI=1S/C27H18F3N3O3S/c28-27(29,30)21-16-24(37(35,36)20-14-8-3-9-15-20)32-26-25(21)22(34)17-23(31-18-10-4-1-5-11-18)33(26)19-12-6-2-7-13-19/h1-17,31H. The Bertz CT molecular complexity index is 1760. The van der Waals surface area contributed by atoms with Gasteiger partial charge in [-0.2, -0.15) is 13.2 Å². The van der Waals surface area contributed by atoms with Crippen molar-refractivity contribution in [3.63, 3.8) is 0 Å². The minimum absolute atomic E-state index is 0.116. The van der Waals surface area contributed by atoms with Crippen LogP contribution in [0.15, 0.2) is 118 Å². The minimum atomic E-state index is -5.02. The van der Waals surface area contributed by atoms with Gasteiger partial charge in [0.15, 0.2) is 16.1 Å². The van der Waals surface area contributed by atoms with Gasteiger partial charge in [0.2, 0.25) is 9.84 Å². The molecule has 2 heterocycles. The molecule has 0 saturated carbocycles. The molecule has 3 aromatic carbocycles. The smallest absolute Gasteiger partial charge is 0.341 e. The fourth-order valence-corrected chi connectivity index (χ4v) is 5.21. The maximum absolute atomic E-state index is 14.3. The molecule has 37 heavy (non-hydrogen) atoms. The van der Waals surface area contributed by atoms with Crippen molar-refractivity contribution in [2.45, 2.75) is 16.1 Å². The van der Waals surface area contributed by atoms with E-state index in [1.807, 2.05) is 0 Å². The SMILES string of the molecule is O=c1cc(Nc2ccccc2)n(-c2ccccc2)c2nc(S(=O)(=O)c3ccccc3)cc(C(F)(F)F)c12. The molecular weight excluding hydrogens is 503 g/mol. The summed E-state index contributed by atoms with van der Waals surface area (Å²) >= 11 is 0. The highest BCUT2D eigenvalue weighted by molar-refractivity contribution is 7.91. The number of fused-ring (bicyclic) bond motifs is 1. The van der Waals surface area contributed by atoms with Crippen LogP contribution in [0, 0.1) is 0 Å². The van der Waals surface area contributed by atoms with Crippen molar-refractivity contribution in [3.8, 4) is 5.69 Å². The number of sulfone groups is 1. The van der Waals surface area contributed by atoms with Gasteiger partial charge in [-0.1, -0.05) is 54.6 Å². The Labute approximate surface area is 209 Å². The van der Waals surface area contributed by atoms with E-state index >= 15 is 0 Å². The molecule has 0 unspecified atom stereocenters. The predicted molar refractivity (Wildman–Crippen MR) is 134 cm³/mol. The van der Waals surface area contributed by atoms with Crippen LogP contribution in [0.1, 0.15) is 5.56 Å². The van der Waals surface area contributed by atoms with Gasteiger partial charge in [0.05, 0.1) is 15.8 Å². The number of anilines is 2. The number of aromatic nitrogens is 2. The van der Waals surface area contributed by atoms with E-state index in [0.717, 1.165) is 6.07 Å². The van der Waals surface area contributed by atoms with Gasteiger partial charge in [0.25, 0.3) is 0 Å². The average Bonchev–Trinajstić information content (AvgIpc) is 2.89. The van der Waals surface area contributed by atoms with E-state index in [-0.39, 0.29) is 10.7 Å². The van der Waals surface area contributed by atoms with Crippen LogP contribution in [0.5, 0.6) is 0 Å². The quantitative estimate of drug-likeness (QED) is 0.308. The fourth-order valence-electron chi connectivity index (χ4n) is 3.97. The first-order valence-electron chi connectivity index (χ1n) is 11.0. The first-order chi connectivity index (χ1) is 17.7. The number of hydrogen-bond acceptors (Lipinski definition) is 5. The van der Waals surface area contributed by atoms with E-state index in [4.69, 9.17) is 0 Å². The zero-order valence-electron chi connectivity index (χ0n) is 19.0. The van der Waals surface area contributed by atoms with E-state index in [9.17, 15) is 26.4 Å². The Morgan fingerprint density at radius 2 is 1.35 bits per heavy atom. The summed E-state index contributed by atoms with van der Waals surface area (Å²) in [6, 6.07) is 25.5. The summed E-state index contributed by atoms with van der Waals surface area (Å²) in [5.74, 6) is 0.116. The van der Waals surface area contributed by atoms with Crippen LogP contribution in [0.3, 0.4) is 0 Å². The van der Waals surface area contributed by atoms with Crippen LogP contribution in [0.4, 0.5) is 24.7 Å². The maximum Gasteiger partial charge on any atom is 0.417 e. The lowest BCUT2D eigenvalue weighted by Crippen LogP contribution is -2.20. The second-order valence-electron chi connectivity index (χ2n) is 8.08. The minimum Gasteiger partial charge on any atom is -0.341 e. The molecular formula is C27H18F3N3O3S. The van der Waals surface area contributed by atoms with Gasteiger partial charge in [-0.25, -0.2) is 13.4 Å². The first-order valence-corrected chi connectivity index (χ1v) is 12.5. The third-order valence-electron chi connectivity index (χ3n) is 5.64. The number of hydrogen-bond donors (Lipinski definition) is 1. The number of nitrogens with one attached hydrogen (secondary N) is 1. The van der Waals surface area contributed by atoms with Crippen molar-refractivity contribution in [3.05, 3.63) is 119 Å². The molecule has 0 fully saturated rings. The van der Waals surface area contributed by atoms with Crippen LogP contribution in [-0.2, 0) is 16.0 Å². The number of halogens is 3. The largest absolute Gasteiger partial charge is 0.417 e. The predicted octanol–water partition coefficient (Wildman–Crippen LogP) is 5.98. The molecule has 186 valence electrons. The maximum atomic E-state index is 14.3.